The molecule has 2 aromatic heterocycles. The average molecular weight is 394 g/mol. The molecule has 0 spiro atoms. The van der Waals surface area contributed by atoms with Crippen molar-refractivity contribution in [2.45, 2.75) is 51.1 Å². The molecule has 0 unspecified atom stereocenters. The van der Waals surface area contributed by atoms with Crippen LogP contribution in [0.3, 0.4) is 0 Å². The largest absolute Gasteiger partial charge is 0.423 e. The molecule has 1 amide bonds. The number of rotatable bonds is 5. The van der Waals surface area contributed by atoms with Crippen molar-refractivity contribution < 1.29 is 9.21 Å². The number of nitrogens with zero attached hydrogens (tertiary/aromatic N) is 5. The van der Waals surface area contributed by atoms with Crippen molar-refractivity contribution in [3.63, 3.8) is 0 Å². The van der Waals surface area contributed by atoms with Crippen molar-refractivity contribution in [3.05, 3.63) is 28.6 Å². The van der Waals surface area contributed by atoms with Crippen molar-refractivity contribution in [3.8, 4) is 0 Å². The van der Waals surface area contributed by atoms with Crippen LogP contribution in [-0.4, -0.2) is 37.3 Å². The third-order valence-corrected chi connectivity index (χ3v) is 5.74. The summed E-state index contributed by atoms with van der Waals surface area (Å²) < 4.78 is 8.55. The van der Waals surface area contributed by atoms with Crippen molar-refractivity contribution in [2.24, 2.45) is 5.92 Å². The molecule has 1 aliphatic carbocycles. The molecule has 7 nitrogen and oxygen atoms in total. The summed E-state index contributed by atoms with van der Waals surface area (Å²) in [7, 11) is 0. The lowest BCUT2D eigenvalue weighted by Crippen LogP contribution is -2.54. The van der Waals surface area contributed by atoms with Crippen LogP contribution in [0.5, 0.6) is 0 Å². The lowest BCUT2D eigenvalue weighted by molar-refractivity contribution is -0.142. The molecule has 1 saturated carbocycles. The van der Waals surface area contributed by atoms with Crippen LogP contribution in [0.2, 0.25) is 0 Å². The first-order chi connectivity index (χ1) is 11.6. The number of fused-ring (bicyclic) bond motifs is 1. The molecule has 2 atom stereocenters. The Morgan fingerprint density at radius 3 is 2.96 bits per heavy atom. The van der Waals surface area contributed by atoms with E-state index >= 15 is 0 Å². The third kappa shape index (κ3) is 2.39. The number of likely N-dealkylation sites (tertiary alicyclic amines) is 1. The third-order valence-electron chi connectivity index (χ3n) is 5.33. The summed E-state index contributed by atoms with van der Waals surface area (Å²) in [6, 6.07) is 0. The van der Waals surface area contributed by atoms with Crippen LogP contribution in [0, 0.1) is 5.92 Å². The van der Waals surface area contributed by atoms with Crippen LogP contribution >= 0.6 is 15.9 Å². The molecule has 24 heavy (non-hydrogen) atoms. The summed E-state index contributed by atoms with van der Waals surface area (Å²) in [6.45, 7) is 3.34. The van der Waals surface area contributed by atoms with Crippen LogP contribution in [0.1, 0.15) is 44.4 Å². The normalized spacial score (nSPS) is 25.6. The second-order valence-electron chi connectivity index (χ2n) is 6.52. The number of carbonyl (C=O) groups excluding carboxylic acids is 1. The summed E-state index contributed by atoms with van der Waals surface area (Å²) in [6.07, 6.45) is 7.82. The molecule has 0 bridgehead atoms. The van der Waals surface area contributed by atoms with Gasteiger partial charge in [0.15, 0.2) is 0 Å². The molecule has 8 heteroatoms. The fourth-order valence-electron chi connectivity index (χ4n) is 3.97. The maximum Gasteiger partial charge on any atom is 0.242 e. The molecular weight excluding hydrogens is 374 g/mol. The molecule has 3 heterocycles. The van der Waals surface area contributed by atoms with Gasteiger partial charge in [0.05, 0.1) is 10.7 Å². The van der Waals surface area contributed by atoms with Crippen LogP contribution < -0.4 is 0 Å². The molecule has 2 fully saturated rings. The van der Waals surface area contributed by atoms with E-state index in [1.54, 1.807) is 10.9 Å². The highest BCUT2D eigenvalue weighted by molar-refractivity contribution is 9.10. The van der Waals surface area contributed by atoms with Gasteiger partial charge in [-0.15, -0.1) is 10.2 Å². The van der Waals surface area contributed by atoms with Gasteiger partial charge in [-0.05, 0) is 41.1 Å². The number of aromatic nitrogens is 4. The molecular formula is C16H20BrN5O2. The summed E-state index contributed by atoms with van der Waals surface area (Å²) in [5, 5.41) is 12.6. The molecule has 0 aromatic carbocycles. The zero-order valence-electron chi connectivity index (χ0n) is 13.6. The van der Waals surface area contributed by atoms with E-state index in [-0.39, 0.29) is 11.4 Å². The van der Waals surface area contributed by atoms with Gasteiger partial charge < -0.3 is 9.32 Å². The van der Waals surface area contributed by atoms with Crippen molar-refractivity contribution in [1.82, 2.24) is 24.9 Å². The van der Waals surface area contributed by atoms with Crippen LogP contribution in [-0.2, 0) is 23.3 Å². The minimum Gasteiger partial charge on any atom is -0.423 e. The van der Waals surface area contributed by atoms with E-state index in [0.717, 1.165) is 36.7 Å². The zero-order chi connectivity index (χ0) is 16.7. The van der Waals surface area contributed by atoms with Gasteiger partial charge in [0.1, 0.15) is 5.54 Å². The first-order valence-electron chi connectivity index (χ1n) is 8.44. The van der Waals surface area contributed by atoms with Gasteiger partial charge in [0.2, 0.25) is 17.7 Å². The van der Waals surface area contributed by atoms with Crippen molar-refractivity contribution in [1.29, 1.82) is 0 Å². The Labute approximate surface area is 148 Å². The number of carbonyl (C=O) groups is 1. The van der Waals surface area contributed by atoms with E-state index in [2.05, 4.69) is 31.2 Å². The summed E-state index contributed by atoms with van der Waals surface area (Å²) in [5.41, 5.74) is -0.359. The maximum absolute atomic E-state index is 12.9. The Bertz CT molecular complexity index is 757. The SMILES string of the molecule is CCc1nnc([C@]23CC[C@H]2CCN3C(=O)CCn2cc(Br)cn2)o1. The van der Waals surface area contributed by atoms with Gasteiger partial charge in [-0.1, -0.05) is 6.92 Å². The molecule has 2 aromatic rings. The Morgan fingerprint density at radius 2 is 2.33 bits per heavy atom. The predicted octanol–water partition coefficient (Wildman–Crippen LogP) is 2.52. The second kappa shape index (κ2) is 5.98. The summed E-state index contributed by atoms with van der Waals surface area (Å²) >= 11 is 3.37. The van der Waals surface area contributed by atoms with Crippen LogP contribution in [0.25, 0.3) is 0 Å². The van der Waals surface area contributed by atoms with E-state index in [1.807, 2.05) is 18.0 Å². The van der Waals surface area contributed by atoms with E-state index in [4.69, 9.17) is 4.42 Å². The van der Waals surface area contributed by atoms with Gasteiger partial charge in [0.25, 0.3) is 0 Å². The first-order valence-corrected chi connectivity index (χ1v) is 9.24. The topological polar surface area (TPSA) is 77.1 Å². The molecule has 0 N–H and O–H groups in total. The van der Waals surface area contributed by atoms with Gasteiger partial charge in [0, 0.05) is 32.1 Å². The fraction of sp³-hybridized carbons (Fsp3) is 0.625. The lowest BCUT2D eigenvalue weighted by Gasteiger charge is -2.47. The van der Waals surface area contributed by atoms with Crippen molar-refractivity contribution >= 4 is 21.8 Å². The Morgan fingerprint density at radius 1 is 1.46 bits per heavy atom. The standard InChI is InChI=1S/C16H20BrN5O2/c1-2-13-19-20-15(24-13)16-6-3-11(16)4-8-22(16)14(23)5-7-21-10-12(17)9-18-21/h9-11H,2-8H2,1H3/t11-,16-/m0/s1. The monoisotopic (exact) mass is 393 g/mol. The van der Waals surface area contributed by atoms with Gasteiger partial charge in [-0.3, -0.25) is 9.48 Å². The molecule has 0 radical (unpaired) electrons. The van der Waals surface area contributed by atoms with Gasteiger partial charge >= 0.3 is 0 Å². The van der Waals surface area contributed by atoms with Gasteiger partial charge in [-0.25, -0.2) is 0 Å². The van der Waals surface area contributed by atoms with Crippen LogP contribution in [0.4, 0.5) is 0 Å². The minimum atomic E-state index is -0.359. The fourth-order valence-corrected chi connectivity index (χ4v) is 4.29. The van der Waals surface area contributed by atoms with Crippen molar-refractivity contribution in [2.75, 3.05) is 6.54 Å². The smallest absolute Gasteiger partial charge is 0.242 e. The maximum atomic E-state index is 12.9. The summed E-state index contributed by atoms with van der Waals surface area (Å²) in [5.74, 6) is 1.86. The Hall–Kier alpha value is -1.70. The average Bonchev–Trinajstić information content (AvgIpc) is 3.24. The first kappa shape index (κ1) is 15.8. The number of hydrogen-bond donors (Lipinski definition) is 0. The predicted molar refractivity (Wildman–Crippen MR) is 89.0 cm³/mol. The highest BCUT2D eigenvalue weighted by Gasteiger charge is 2.60. The Balaban J connectivity index is 1.52. The minimum absolute atomic E-state index is 0.139. The molecule has 128 valence electrons. The van der Waals surface area contributed by atoms with E-state index in [1.165, 1.54) is 0 Å². The van der Waals surface area contributed by atoms with Gasteiger partial charge in [-0.2, -0.15) is 5.10 Å². The van der Waals surface area contributed by atoms with E-state index in [9.17, 15) is 4.79 Å². The zero-order valence-corrected chi connectivity index (χ0v) is 15.2. The van der Waals surface area contributed by atoms with E-state index < -0.39 is 0 Å². The number of amides is 1. The quantitative estimate of drug-likeness (QED) is 0.779. The number of halogens is 1. The Kier molecular flexibility index (Phi) is 3.94. The molecule has 1 aliphatic heterocycles. The summed E-state index contributed by atoms with van der Waals surface area (Å²) in [4.78, 5) is 14.8. The number of aryl methyl sites for hydroxylation is 2. The van der Waals surface area contributed by atoms with E-state index in [0.29, 0.717) is 30.7 Å². The second-order valence-corrected chi connectivity index (χ2v) is 7.44. The molecule has 2 aliphatic rings. The number of hydrogen-bond acceptors (Lipinski definition) is 5. The highest BCUT2D eigenvalue weighted by Crippen LogP contribution is 2.56. The molecule has 1 saturated heterocycles. The lowest BCUT2D eigenvalue weighted by atomic mass is 9.67. The van der Waals surface area contributed by atoms with Crippen LogP contribution in [0.15, 0.2) is 21.3 Å². The highest BCUT2D eigenvalue weighted by atomic mass is 79.9. The molecule has 4 rings (SSSR count).